The van der Waals surface area contributed by atoms with Crippen molar-refractivity contribution in [2.75, 3.05) is 26.2 Å². The standard InChI is InChI=1S/C33H37Cl4N5O/c1-23-14-28(34)15-26(32(23)36)19-38-10-12-42(13-11-39-20-27-16-29(35)17-31(43)33(27)37)22-25-7-5-24(6-8-25)18-40-21-30-4-2-3-9-41-30/h2-9,14-17,38-40,43H,10-13,18-22H2,1H3. The number of nitrogens with zero attached hydrogens (tertiary/aromatic N) is 2. The smallest absolute Gasteiger partial charge is 0.135 e. The van der Waals surface area contributed by atoms with E-state index in [9.17, 15) is 5.11 Å². The van der Waals surface area contributed by atoms with Crippen LogP contribution in [-0.4, -0.2) is 41.2 Å². The lowest BCUT2D eigenvalue weighted by Crippen LogP contribution is -2.36. The molecule has 10 heteroatoms. The number of benzene rings is 3. The van der Waals surface area contributed by atoms with Gasteiger partial charge in [0.05, 0.1) is 10.7 Å². The molecule has 0 bridgehead atoms. The van der Waals surface area contributed by atoms with Gasteiger partial charge in [0.15, 0.2) is 0 Å². The van der Waals surface area contributed by atoms with Crippen LogP contribution in [0.25, 0.3) is 0 Å². The fourth-order valence-corrected chi connectivity index (χ4v) is 5.61. The number of nitrogens with one attached hydrogen (secondary N) is 3. The molecule has 6 nitrogen and oxygen atoms in total. The zero-order valence-electron chi connectivity index (χ0n) is 24.1. The van der Waals surface area contributed by atoms with Gasteiger partial charge in [-0.05, 0) is 65.1 Å². The van der Waals surface area contributed by atoms with Gasteiger partial charge in [0, 0.05) is 86.2 Å². The van der Waals surface area contributed by atoms with Crippen molar-refractivity contribution in [2.45, 2.75) is 39.6 Å². The molecule has 228 valence electrons. The van der Waals surface area contributed by atoms with E-state index in [-0.39, 0.29) is 5.75 Å². The van der Waals surface area contributed by atoms with Crippen LogP contribution >= 0.6 is 46.4 Å². The second-order valence-corrected chi connectivity index (χ2v) is 12.1. The van der Waals surface area contributed by atoms with Crippen LogP contribution in [0.5, 0.6) is 5.75 Å². The molecule has 1 heterocycles. The van der Waals surface area contributed by atoms with Crippen LogP contribution in [0.1, 0.15) is 33.5 Å². The molecule has 0 aliphatic heterocycles. The Morgan fingerprint density at radius 3 is 1.98 bits per heavy atom. The Balaban J connectivity index is 1.31. The molecule has 1 aromatic heterocycles. The summed E-state index contributed by atoms with van der Waals surface area (Å²) in [5, 5.41) is 22.6. The third-order valence-corrected chi connectivity index (χ3v) is 8.43. The lowest BCUT2D eigenvalue weighted by molar-refractivity contribution is 0.264. The zero-order valence-corrected chi connectivity index (χ0v) is 27.2. The SMILES string of the molecule is Cc1cc(Cl)cc(CNCCN(CCNCc2cc(Cl)cc(O)c2Cl)Cc2ccc(CNCc3ccccn3)cc2)c1Cl. The van der Waals surface area contributed by atoms with Crippen LogP contribution < -0.4 is 16.0 Å². The second-order valence-electron chi connectivity index (χ2n) is 10.5. The molecule has 0 spiro atoms. The van der Waals surface area contributed by atoms with Crippen molar-refractivity contribution < 1.29 is 5.11 Å². The van der Waals surface area contributed by atoms with E-state index in [0.717, 1.165) is 73.2 Å². The predicted molar refractivity (Wildman–Crippen MR) is 179 cm³/mol. The third-order valence-electron chi connectivity index (χ3n) is 7.02. The first-order chi connectivity index (χ1) is 20.8. The third kappa shape index (κ3) is 10.9. The summed E-state index contributed by atoms with van der Waals surface area (Å²) in [4.78, 5) is 6.76. The lowest BCUT2D eigenvalue weighted by atomic mass is 10.1. The van der Waals surface area contributed by atoms with Crippen LogP contribution in [0.4, 0.5) is 0 Å². The molecular weight excluding hydrogens is 624 g/mol. The normalized spacial score (nSPS) is 11.4. The molecule has 0 fully saturated rings. The average molecular weight is 662 g/mol. The first-order valence-corrected chi connectivity index (χ1v) is 15.7. The second kappa shape index (κ2) is 17.2. The van der Waals surface area contributed by atoms with E-state index in [0.29, 0.717) is 28.2 Å². The molecule has 0 unspecified atom stereocenters. The minimum Gasteiger partial charge on any atom is -0.506 e. The molecule has 0 aliphatic carbocycles. The minimum atomic E-state index is -0.0101. The van der Waals surface area contributed by atoms with Gasteiger partial charge in [-0.2, -0.15) is 0 Å². The highest BCUT2D eigenvalue weighted by Crippen LogP contribution is 2.30. The van der Waals surface area contributed by atoms with E-state index in [1.54, 1.807) is 6.07 Å². The zero-order chi connectivity index (χ0) is 30.6. The number of aryl methyl sites for hydroxylation is 1. The number of pyridine rings is 1. The molecule has 0 atom stereocenters. The number of phenols is 1. The van der Waals surface area contributed by atoms with E-state index in [1.165, 1.54) is 17.2 Å². The molecule has 0 aliphatic rings. The highest BCUT2D eigenvalue weighted by Gasteiger charge is 2.11. The van der Waals surface area contributed by atoms with Gasteiger partial charge in [-0.1, -0.05) is 76.7 Å². The number of phenolic OH excluding ortho intramolecular Hbond substituents is 1. The Labute approximate surface area is 274 Å². The molecule has 0 saturated carbocycles. The van der Waals surface area contributed by atoms with E-state index < -0.39 is 0 Å². The maximum absolute atomic E-state index is 9.98. The highest BCUT2D eigenvalue weighted by atomic mass is 35.5. The Hall–Kier alpha value is -2.39. The number of hydrogen-bond donors (Lipinski definition) is 4. The average Bonchev–Trinajstić information content (AvgIpc) is 2.99. The van der Waals surface area contributed by atoms with Gasteiger partial charge in [0.1, 0.15) is 5.75 Å². The molecule has 0 radical (unpaired) electrons. The molecule has 4 aromatic rings. The van der Waals surface area contributed by atoms with E-state index in [1.807, 2.05) is 43.5 Å². The van der Waals surface area contributed by atoms with Gasteiger partial charge in [0.2, 0.25) is 0 Å². The summed E-state index contributed by atoms with van der Waals surface area (Å²) in [6.07, 6.45) is 1.81. The maximum Gasteiger partial charge on any atom is 0.135 e. The Morgan fingerprint density at radius 2 is 1.33 bits per heavy atom. The lowest BCUT2D eigenvalue weighted by Gasteiger charge is -2.23. The summed E-state index contributed by atoms with van der Waals surface area (Å²) in [6.45, 7) is 8.60. The first-order valence-electron chi connectivity index (χ1n) is 14.2. The van der Waals surface area contributed by atoms with Crippen molar-refractivity contribution >= 4 is 46.4 Å². The summed E-state index contributed by atoms with van der Waals surface area (Å²) >= 11 is 25.1. The summed E-state index contributed by atoms with van der Waals surface area (Å²) in [5.41, 5.74) is 6.23. The van der Waals surface area contributed by atoms with E-state index in [2.05, 4.69) is 50.1 Å². The number of hydrogen-bond acceptors (Lipinski definition) is 6. The van der Waals surface area contributed by atoms with Crippen molar-refractivity contribution in [3.8, 4) is 5.75 Å². The number of halogens is 4. The van der Waals surface area contributed by atoms with E-state index in [4.69, 9.17) is 46.4 Å². The largest absolute Gasteiger partial charge is 0.506 e. The monoisotopic (exact) mass is 659 g/mol. The van der Waals surface area contributed by atoms with Crippen molar-refractivity contribution in [1.29, 1.82) is 0 Å². The van der Waals surface area contributed by atoms with Crippen molar-refractivity contribution in [2.24, 2.45) is 0 Å². The van der Waals surface area contributed by atoms with Crippen LogP contribution in [0, 0.1) is 6.92 Å². The Bertz CT molecular complexity index is 1390. The number of rotatable bonds is 16. The quantitative estimate of drug-likeness (QED) is 0.0941. The summed E-state index contributed by atoms with van der Waals surface area (Å²) in [6, 6.07) is 21.7. The molecule has 0 saturated heterocycles. The van der Waals surface area contributed by atoms with Crippen LogP contribution in [0.3, 0.4) is 0 Å². The Morgan fingerprint density at radius 1 is 0.698 bits per heavy atom. The molecule has 3 aromatic carbocycles. The van der Waals surface area contributed by atoms with Crippen LogP contribution in [-0.2, 0) is 32.7 Å². The highest BCUT2D eigenvalue weighted by molar-refractivity contribution is 6.35. The van der Waals surface area contributed by atoms with Crippen LogP contribution in [0.2, 0.25) is 20.1 Å². The maximum atomic E-state index is 9.98. The van der Waals surface area contributed by atoms with Crippen molar-refractivity contribution in [3.63, 3.8) is 0 Å². The van der Waals surface area contributed by atoms with E-state index >= 15 is 0 Å². The van der Waals surface area contributed by atoms with Gasteiger partial charge in [-0.3, -0.25) is 9.88 Å². The molecule has 4 rings (SSSR count). The van der Waals surface area contributed by atoms with Crippen molar-refractivity contribution in [1.82, 2.24) is 25.8 Å². The minimum absolute atomic E-state index is 0.0101. The van der Waals surface area contributed by atoms with Gasteiger partial charge < -0.3 is 21.1 Å². The molecule has 0 amide bonds. The first kappa shape index (κ1) is 33.5. The predicted octanol–water partition coefficient (Wildman–Crippen LogP) is 7.38. The number of aromatic nitrogens is 1. The summed E-state index contributed by atoms with van der Waals surface area (Å²) < 4.78 is 0. The van der Waals surface area contributed by atoms with Gasteiger partial charge in [-0.25, -0.2) is 0 Å². The van der Waals surface area contributed by atoms with Gasteiger partial charge in [0.25, 0.3) is 0 Å². The fourth-order valence-electron chi connectivity index (χ4n) is 4.73. The molecular formula is C33H37Cl4N5O. The number of aromatic hydroxyl groups is 1. The molecule has 43 heavy (non-hydrogen) atoms. The fraction of sp³-hybridized carbons (Fsp3) is 0.303. The van der Waals surface area contributed by atoms with Gasteiger partial charge in [-0.15, -0.1) is 0 Å². The van der Waals surface area contributed by atoms with Gasteiger partial charge >= 0.3 is 0 Å². The summed E-state index contributed by atoms with van der Waals surface area (Å²) in [7, 11) is 0. The van der Waals surface area contributed by atoms with Crippen molar-refractivity contribution in [3.05, 3.63) is 127 Å². The van der Waals surface area contributed by atoms with Crippen LogP contribution in [0.15, 0.2) is 72.9 Å². The Kier molecular flexibility index (Phi) is 13.4. The topological polar surface area (TPSA) is 72.5 Å². The summed E-state index contributed by atoms with van der Waals surface area (Å²) in [5.74, 6) is -0.0101. The molecule has 4 N–H and O–H groups in total.